The van der Waals surface area contributed by atoms with E-state index in [1.54, 1.807) is 28.6 Å². The molecule has 5 rings (SSSR count). The summed E-state index contributed by atoms with van der Waals surface area (Å²) in [5.74, 6) is 0.229. The summed E-state index contributed by atoms with van der Waals surface area (Å²) < 4.78 is 29.1. The number of rotatable bonds is 4. The van der Waals surface area contributed by atoms with Gasteiger partial charge in [0.15, 0.2) is 0 Å². The first-order valence-electron chi connectivity index (χ1n) is 9.42. The number of benzene rings is 1. The summed E-state index contributed by atoms with van der Waals surface area (Å²) in [7, 11) is -3.58. The van der Waals surface area contributed by atoms with Gasteiger partial charge in [-0.15, -0.1) is 0 Å². The number of hydrogen-bond donors (Lipinski definition) is 0. The van der Waals surface area contributed by atoms with Gasteiger partial charge in [-0.2, -0.15) is 13.7 Å². The maximum Gasteiger partial charge on any atom is 0.373 e. The SMILES string of the molecule is O=[N+]([O-])c1c(N2CCN(S(=O)(=O)c3ccc4c(c3)CCC4)CC2)nc2sccn12. The molecule has 152 valence electrons. The van der Waals surface area contributed by atoms with E-state index in [4.69, 9.17) is 0 Å². The number of fused-ring (bicyclic) bond motifs is 2. The first-order chi connectivity index (χ1) is 13.9. The van der Waals surface area contributed by atoms with E-state index in [1.165, 1.54) is 25.6 Å². The lowest BCUT2D eigenvalue weighted by Gasteiger charge is -2.33. The Hall–Kier alpha value is -2.50. The maximum atomic E-state index is 13.1. The van der Waals surface area contributed by atoms with Crippen molar-refractivity contribution < 1.29 is 13.3 Å². The summed E-state index contributed by atoms with van der Waals surface area (Å²) in [6.45, 7) is 1.25. The van der Waals surface area contributed by atoms with Crippen LogP contribution in [0, 0.1) is 10.1 Å². The van der Waals surface area contributed by atoms with Crippen molar-refractivity contribution in [2.24, 2.45) is 0 Å². The first-order valence-corrected chi connectivity index (χ1v) is 11.7. The van der Waals surface area contributed by atoms with Crippen LogP contribution in [0.4, 0.5) is 11.6 Å². The molecule has 11 heteroatoms. The van der Waals surface area contributed by atoms with Gasteiger partial charge >= 0.3 is 5.82 Å². The molecule has 0 amide bonds. The minimum absolute atomic E-state index is 0.0730. The highest BCUT2D eigenvalue weighted by molar-refractivity contribution is 7.89. The third-order valence-electron chi connectivity index (χ3n) is 5.64. The van der Waals surface area contributed by atoms with Crippen molar-refractivity contribution >= 4 is 38.0 Å². The van der Waals surface area contributed by atoms with Crippen LogP contribution in [-0.4, -0.2) is 53.2 Å². The molecule has 29 heavy (non-hydrogen) atoms. The Morgan fingerprint density at radius 3 is 2.62 bits per heavy atom. The standard InChI is InChI=1S/C18H19N5O4S2/c24-23(25)17-16(19-18-22(17)10-11-28-18)20-6-8-21(9-7-20)29(26,27)15-5-4-13-2-1-3-14(13)12-15/h4-5,10-12H,1-3,6-9H2. The molecule has 1 aromatic carbocycles. The molecule has 0 bridgehead atoms. The largest absolute Gasteiger partial charge is 0.373 e. The van der Waals surface area contributed by atoms with Crippen molar-refractivity contribution in [1.82, 2.24) is 13.7 Å². The number of nitrogens with zero attached hydrogens (tertiary/aromatic N) is 5. The van der Waals surface area contributed by atoms with E-state index in [0.717, 1.165) is 24.8 Å². The van der Waals surface area contributed by atoms with Crippen LogP contribution in [0.15, 0.2) is 34.7 Å². The van der Waals surface area contributed by atoms with E-state index in [2.05, 4.69) is 4.98 Å². The molecule has 0 saturated carbocycles. The molecule has 1 aliphatic heterocycles. The Morgan fingerprint density at radius 2 is 1.86 bits per heavy atom. The van der Waals surface area contributed by atoms with Crippen LogP contribution in [0.3, 0.4) is 0 Å². The number of nitro groups is 1. The zero-order valence-electron chi connectivity index (χ0n) is 15.5. The Balaban J connectivity index is 1.37. The molecular formula is C18H19N5O4S2. The van der Waals surface area contributed by atoms with Gasteiger partial charge in [0.1, 0.15) is 6.20 Å². The van der Waals surface area contributed by atoms with Crippen LogP contribution in [0.1, 0.15) is 17.5 Å². The van der Waals surface area contributed by atoms with E-state index in [0.29, 0.717) is 28.8 Å². The van der Waals surface area contributed by atoms with Gasteiger partial charge in [-0.25, -0.2) is 8.42 Å². The molecule has 3 aromatic rings. The van der Waals surface area contributed by atoms with Crippen molar-refractivity contribution in [3.05, 3.63) is 51.0 Å². The van der Waals surface area contributed by atoms with Crippen LogP contribution < -0.4 is 4.90 Å². The fourth-order valence-electron chi connectivity index (χ4n) is 4.14. The molecule has 0 atom stereocenters. The normalized spacial score (nSPS) is 17.7. The highest BCUT2D eigenvalue weighted by Gasteiger charge is 2.34. The summed E-state index contributed by atoms with van der Waals surface area (Å²) in [4.78, 5) is 18.2. The fraction of sp³-hybridized carbons (Fsp3) is 0.389. The van der Waals surface area contributed by atoms with Gasteiger partial charge in [-0.05, 0) is 47.4 Å². The van der Waals surface area contributed by atoms with E-state index in [-0.39, 0.29) is 18.9 Å². The highest BCUT2D eigenvalue weighted by Crippen LogP contribution is 2.32. The Morgan fingerprint density at radius 1 is 1.10 bits per heavy atom. The Bertz CT molecular complexity index is 1210. The molecule has 3 heterocycles. The monoisotopic (exact) mass is 433 g/mol. The van der Waals surface area contributed by atoms with Crippen molar-refractivity contribution in [3.63, 3.8) is 0 Å². The molecule has 1 fully saturated rings. The van der Waals surface area contributed by atoms with Gasteiger partial charge in [0, 0.05) is 31.6 Å². The molecule has 2 aliphatic rings. The van der Waals surface area contributed by atoms with Crippen molar-refractivity contribution in [2.45, 2.75) is 24.2 Å². The van der Waals surface area contributed by atoms with Crippen molar-refractivity contribution in [1.29, 1.82) is 0 Å². The van der Waals surface area contributed by atoms with Gasteiger partial charge < -0.3 is 15.0 Å². The summed E-state index contributed by atoms with van der Waals surface area (Å²) in [5, 5.41) is 13.3. The van der Waals surface area contributed by atoms with Gasteiger partial charge in [0.25, 0.3) is 4.96 Å². The number of aromatic nitrogens is 2. The smallest absolute Gasteiger partial charge is 0.358 e. The third-order valence-corrected chi connectivity index (χ3v) is 8.29. The van der Waals surface area contributed by atoms with Crippen molar-refractivity contribution in [2.75, 3.05) is 31.1 Å². The lowest BCUT2D eigenvalue weighted by molar-refractivity contribution is -0.389. The number of aryl methyl sites for hydroxylation is 2. The molecule has 2 aromatic heterocycles. The zero-order chi connectivity index (χ0) is 20.2. The average Bonchev–Trinajstić information content (AvgIpc) is 3.42. The lowest BCUT2D eigenvalue weighted by atomic mass is 10.1. The van der Waals surface area contributed by atoms with Gasteiger partial charge in [-0.1, -0.05) is 17.4 Å². The molecular weight excluding hydrogens is 414 g/mol. The number of piperazine rings is 1. The average molecular weight is 434 g/mol. The number of sulfonamides is 1. The van der Waals surface area contributed by atoms with Crippen LogP contribution in [0.2, 0.25) is 0 Å². The van der Waals surface area contributed by atoms with Crippen LogP contribution in [0.5, 0.6) is 0 Å². The van der Waals surface area contributed by atoms with Crippen LogP contribution in [-0.2, 0) is 22.9 Å². The molecule has 0 radical (unpaired) electrons. The van der Waals surface area contributed by atoms with Crippen LogP contribution >= 0.6 is 11.3 Å². The molecule has 0 spiro atoms. The van der Waals surface area contributed by atoms with Crippen LogP contribution in [0.25, 0.3) is 4.96 Å². The Labute approximate surface area is 171 Å². The fourth-order valence-corrected chi connectivity index (χ4v) is 6.32. The van der Waals surface area contributed by atoms with Gasteiger partial charge in [0.2, 0.25) is 15.8 Å². The van der Waals surface area contributed by atoms with E-state index in [9.17, 15) is 18.5 Å². The topological polar surface area (TPSA) is 101 Å². The maximum absolute atomic E-state index is 13.1. The molecule has 1 saturated heterocycles. The second-order valence-electron chi connectivity index (χ2n) is 7.25. The van der Waals surface area contributed by atoms with E-state index >= 15 is 0 Å². The predicted octanol–water partition coefficient (Wildman–Crippen LogP) is 2.30. The first kappa shape index (κ1) is 18.5. The summed E-state index contributed by atoms with van der Waals surface area (Å²) in [5.41, 5.74) is 2.36. The number of thiazole rings is 1. The highest BCUT2D eigenvalue weighted by atomic mass is 32.2. The number of hydrogen-bond acceptors (Lipinski definition) is 7. The molecule has 0 unspecified atom stereocenters. The summed E-state index contributed by atoms with van der Waals surface area (Å²) in [6.07, 6.45) is 4.63. The quantitative estimate of drug-likeness (QED) is 0.462. The number of imidazole rings is 1. The van der Waals surface area contributed by atoms with Crippen molar-refractivity contribution in [3.8, 4) is 0 Å². The number of anilines is 1. The lowest BCUT2D eigenvalue weighted by Crippen LogP contribution is -2.49. The second kappa shape index (κ2) is 6.78. The summed E-state index contributed by atoms with van der Waals surface area (Å²) >= 11 is 1.33. The molecule has 9 nitrogen and oxygen atoms in total. The molecule has 0 N–H and O–H groups in total. The second-order valence-corrected chi connectivity index (χ2v) is 10.1. The minimum atomic E-state index is -3.58. The zero-order valence-corrected chi connectivity index (χ0v) is 17.2. The van der Waals surface area contributed by atoms with E-state index in [1.807, 2.05) is 6.07 Å². The van der Waals surface area contributed by atoms with E-state index < -0.39 is 14.9 Å². The third kappa shape index (κ3) is 3.00. The molecule has 1 aliphatic carbocycles. The minimum Gasteiger partial charge on any atom is -0.358 e. The van der Waals surface area contributed by atoms with Gasteiger partial charge in [-0.3, -0.25) is 0 Å². The summed E-state index contributed by atoms with van der Waals surface area (Å²) in [6, 6.07) is 5.42. The predicted molar refractivity (Wildman–Crippen MR) is 109 cm³/mol. The van der Waals surface area contributed by atoms with Gasteiger partial charge in [0.05, 0.1) is 4.90 Å². The Kier molecular flexibility index (Phi) is 4.33.